The maximum atomic E-state index is 13.7. The van der Waals surface area contributed by atoms with Crippen LogP contribution < -0.4 is 5.73 Å². The van der Waals surface area contributed by atoms with E-state index in [9.17, 15) is 8.78 Å². The van der Waals surface area contributed by atoms with E-state index in [1.807, 2.05) is 0 Å². The molecule has 0 saturated heterocycles. The van der Waals surface area contributed by atoms with Crippen molar-refractivity contribution in [2.24, 2.45) is 5.73 Å². The molecule has 3 nitrogen and oxygen atoms in total. The fourth-order valence-electron chi connectivity index (χ4n) is 1.57. The van der Waals surface area contributed by atoms with Gasteiger partial charge in [-0.3, -0.25) is 0 Å². The average molecular weight is 302 g/mol. The Kier molecular flexibility index (Phi) is 3.54. The van der Waals surface area contributed by atoms with Gasteiger partial charge in [0.05, 0.1) is 16.5 Å². The number of rotatable bonds is 3. The molecule has 2 rings (SSSR count). The highest BCUT2D eigenvalue weighted by Crippen LogP contribution is 2.23. The van der Waals surface area contributed by atoms with Gasteiger partial charge in [-0.2, -0.15) is 0 Å². The van der Waals surface area contributed by atoms with E-state index in [4.69, 9.17) is 5.73 Å². The molecule has 0 unspecified atom stereocenters. The van der Waals surface area contributed by atoms with E-state index in [1.54, 1.807) is 10.8 Å². The molecular formula is C11H10BrF2N3. The van der Waals surface area contributed by atoms with Crippen LogP contribution in [0, 0.1) is 11.6 Å². The van der Waals surface area contributed by atoms with Gasteiger partial charge in [-0.15, -0.1) is 0 Å². The van der Waals surface area contributed by atoms with Crippen molar-refractivity contribution in [1.82, 2.24) is 9.55 Å². The molecule has 0 spiro atoms. The Morgan fingerprint density at radius 1 is 1.29 bits per heavy atom. The maximum Gasteiger partial charge on any atom is 0.150 e. The van der Waals surface area contributed by atoms with Gasteiger partial charge in [-0.1, -0.05) is 0 Å². The Hall–Kier alpha value is -1.27. The van der Waals surface area contributed by atoms with Crippen LogP contribution in [0.5, 0.6) is 0 Å². The monoisotopic (exact) mass is 301 g/mol. The van der Waals surface area contributed by atoms with E-state index in [-0.39, 0.29) is 10.2 Å². The summed E-state index contributed by atoms with van der Waals surface area (Å²) in [5.74, 6) is -1.27. The van der Waals surface area contributed by atoms with Gasteiger partial charge in [-0.05, 0) is 28.5 Å². The van der Waals surface area contributed by atoms with Crippen molar-refractivity contribution >= 4 is 15.9 Å². The summed E-state index contributed by atoms with van der Waals surface area (Å²) in [5.41, 5.74) is 6.49. The first-order chi connectivity index (χ1) is 8.13. The highest BCUT2D eigenvalue weighted by atomic mass is 79.9. The number of hydrogen-bond acceptors (Lipinski definition) is 2. The molecule has 0 fully saturated rings. The summed E-state index contributed by atoms with van der Waals surface area (Å²) >= 11 is 3.03. The number of halogens is 3. The van der Waals surface area contributed by atoms with Crippen LogP contribution in [0.25, 0.3) is 5.69 Å². The van der Waals surface area contributed by atoms with Crippen LogP contribution in [0.3, 0.4) is 0 Å². The summed E-state index contributed by atoms with van der Waals surface area (Å²) in [6, 6.07) is 2.22. The molecule has 2 N–H and O–H groups in total. The normalized spacial score (nSPS) is 10.8. The second kappa shape index (κ2) is 4.93. The Balaban J connectivity index is 2.52. The molecule has 6 heteroatoms. The van der Waals surface area contributed by atoms with Gasteiger partial charge in [0.1, 0.15) is 11.6 Å². The third-order valence-electron chi connectivity index (χ3n) is 2.36. The van der Waals surface area contributed by atoms with E-state index < -0.39 is 11.6 Å². The lowest BCUT2D eigenvalue weighted by atomic mass is 10.2. The summed E-state index contributed by atoms with van der Waals surface area (Å²) in [4.78, 5) is 3.94. The second-order valence-electron chi connectivity index (χ2n) is 3.51. The molecule has 2 aromatic rings. The summed E-state index contributed by atoms with van der Waals surface area (Å²) in [6.07, 6.45) is 3.67. The minimum Gasteiger partial charge on any atom is -0.330 e. The standard InChI is InChI=1S/C11H10BrF2N3/c12-8-3-11(10(14)4-9(8)13)17-6-16-5-7(17)1-2-15/h3-6H,1-2,15H2. The summed E-state index contributed by atoms with van der Waals surface area (Å²) in [5, 5.41) is 0. The summed E-state index contributed by atoms with van der Waals surface area (Å²) < 4.78 is 28.6. The van der Waals surface area contributed by atoms with Gasteiger partial charge >= 0.3 is 0 Å². The quantitative estimate of drug-likeness (QED) is 0.885. The molecule has 17 heavy (non-hydrogen) atoms. The van der Waals surface area contributed by atoms with Crippen molar-refractivity contribution in [3.05, 3.63) is 46.5 Å². The predicted octanol–water partition coefficient (Wildman–Crippen LogP) is 2.41. The van der Waals surface area contributed by atoms with Gasteiger partial charge in [0.25, 0.3) is 0 Å². The number of benzene rings is 1. The Morgan fingerprint density at radius 3 is 2.76 bits per heavy atom. The minimum atomic E-state index is -0.637. The lowest BCUT2D eigenvalue weighted by molar-refractivity contribution is 0.572. The molecule has 1 aromatic heterocycles. The number of hydrogen-bond donors (Lipinski definition) is 1. The van der Waals surface area contributed by atoms with Crippen LogP contribution in [-0.2, 0) is 6.42 Å². The average Bonchev–Trinajstić information content (AvgIpc) is 2.72. The molecule has 1 aromatic carbocycles. The van der Waals surface area contributed by atoms with Crippen molar-refractivity contribution in [1.29, 1.82) is 0 Å². The first-order valence-corrected chi connectivity index (χ1v) is 5.79. The summed E-state index contributed by atoms with van der Waals surface area (Å²) in [6.45, 7) is 0.440. The molecule has 0 aliphatic rings. The third kappa shape index (κ3) is 2.37. The van der Waals surface area contributed by atoms with Crippen molar-refractivity contribution < 1.29 is 8.78 Å². The smallest absolute Gasteiger partial charge is 0.150 e. The number of nitrogens with two attached hydrogens (primary N) is 1. The van der Waals surface area contributed by atoms with Crippen LogP contribution in [0.15, 0.2) is 29.1 Å². The van der Waals surface area contributed by atoms with Crippen LogP contribution in [0.2, 0.25) is 0 Å². The number of aromatic nitrogens is 2. The van der Waals surface area contributed by atoms with Crippen LogP contribution in [0.1, 0.15) is 5.69 Å². The van der Waals surface area contributed by atoms with Gasteiger partial charge in [-0.25, -0.2) is 13.8 Å². The van der Waals surface area contributed by atoms with E-state index in [0.717, 1.165) is 11.8 Å². The topological polar surface area (TPSA) is 43.8 Å². The minimum absolute atomic E-state index is 0.210. The third-order valence-corrected chi connectivity index (χ3v) is 2.97. The van der Waals surface area contributed by atoms with Gasteiger partial charge < -0.3 is 10.3 Å². The molecule has 0 amide bonds. The molecule has 0 aliphatic carbocycles. The SMILES string of the molecule is NCCc1cncn1-c1cc(Br)c(F)cc1F. The fraction of sp³-hybridized carbons (Fsp3) is 0.182. The van der Waals surface area contributed by atoms with Crippen molar-refractivity contribution in [3.8, 4) is 5.69 Å². The number of imidazole rings is 1. The molecule has 0 atom stereocenters. The van der Waals surface area contributed by atoms with Gasteiger partial charge in [0.15, 0.2) is 0 Å². The summed E-state index contributed by atoms with van der Waals surface area (Å²) in [7, 11) is 0. The first-order valence-electron chi connectivity index (χ1n) is 4.99. The van der Waals surface area contributed by atoms with E-state index in [1.165, 1.54) is 12.4 Å². The lowest BCUT2D eigenvalue weighted by Gasteiger charge is -2.09. The second-order valence-corrected chi connectivity index (χ2v) is 4.37. The molecule has 0 aliphatic heterocycles. The number of nitrogens with zero attached hydrogens (tertiary/aromatic N) is 2. The zero-order chi connectivity index (χ0) is 12.4. The molecule has 0 radical (unpaired) electrons. The van der Waals surface area contributed by atoms with E-state index >= 15 is 0 Å². The fourth-order valence-corrected chi connectivity index (χ4v) is 1.90. The van der Waals surface area contributed by atoms with E-state index in [2.05, 4.69) is 20.9 Å². The highest BCUT2D eigenvalue weighted by Gasteiger charge is 2.12. The zero-order valence-electron chi connectivity index (χ0n) is 8.83. The molecule has 0 saturated carbocycles. The van der Waals surface area contributed by atoms with Gasteiger partial charge in [0.2, 0.25) is 0 Å². The Morgan fingerprint density at radius 2 is 2.06 bits per heavy atom. The molecule has 90 valence electrons. The van der Waals surface area contributed by atoms with Crippen LogP contribution >= 0.6 is 15.9 Å². The van der Waals surface area contributed by atoms with E-state index in [0.29, 0.717) is 13.0 Å². The Labute approximate surface area is 105 Å². The first kappa shape index (κ1) is 12.2. The van der Waals surface area contributed by atoms with Crippen LogP contribution in [-0.4, -0.2) is 16.1 Å². The molecule has 0 bridgehead atoms. The molecular weight excluding hydrogens is 292 g/mol. The van der Waals surface area contributed by atoms with Gasteiger partial charge in [0, 0.05) is 24.4 Å². The molecule has 1 heterocycles. The Bertz CT molecular complexity index is 540. The van der Waals surface area contributed by atoms with Crippen molar-refractivity contribution in [3.63, 3.8) is 0 Å². The lowest BCUT2D eigenvalue weighted by Crippen LogP contribution is -2.08. The maximum absolute atomic E-state index is 13.7. The van der Waals surface area contributed by atoms with Crippen molar-refractivity contribution in [2.45, 2.75) is 6.42 Å². The predicted molar refractivity (Wildman–Crippen MR) is 63.9 cm³/mol. The highest BCUT2D eigenvalue weighted by molar-refractivity contribution is 9.10. The zero-order valence-corrected chi connectivity index (χ0v) is 10.4. The largest absolute Gasteiger partial charge is 0.330 e. The van der Waals surface area contributed by atoms with Crippen LogP contribution in [0.4, 0.5) is 8.78 Å². The van der Waals surface area contributed by atoms with Crippen molar-refractivity contribution in [2.75, 3.05) is 6.54 Å².